The van der Waals surface area contributed by atoms with E-state index in [1.165, 1.54) is 6.07 Å². The molecule has 1 aliphatic carbocycles. The van der Waals surface area contributed by atoms with Crippen molar-refractivity contribution >= 4 is 11.6 Å². The van der Waals surface area contributed by atoms with E-state index in [0.29, 0.717) is 16.7 Å². The Kier molecular flexibility index (Phi) is 2.72. The first-order chi connectivity index (χ1) is 7.02. The fraction of sp³-hybridized carbons (Fsp3) is 0.500. The third kappa shape index (κ3) is 1.65. The maximum absolute atomic E-state index is 13.8. The van der Waals surface area contributed by atoms with Gasteiger partial charge in [-0.25, -0.2) is 8.78 Å². The van der Waals surface area contributed by atoms with Crippen molar-refractivity contribution in [3.8, 4) is 0 Å². The standard InChI is InChI=1S/C12H13ClF2/c1-6-3-4-8(13)11-10(6)9(14)5-7(2)12(11)15/h5-6,8H,3-4H2,1-2H3. The molecule has 0 aromatic heterocycles. The molecule has 1 aromatic rings. The lowest BCUT2D eigenvalue weighted by molar-refractivity contribution is 0.492. The van der Waals surface area contributed by atoms with Gasteiger partial charge in [0.15, 0.2) is 0 Å². The van der Waals surface area contributed by atoms with Crippen molar-refractivity contribution in [3.63, 3.8) is 0 Å². The van der Waals surface area contributed by atoms with Gasteiger partial charge in [-0.15, -0.1) is 11.6 Å². The highest BCUT2D eigenvalue weighted by Crippen LogP contribution is 2.43. The second-order valence-corrected chi connectivity index (χ2v) is 4.79. The van der Waals surface area contributed by atoms with Gasteiger partial charge in [0, 0.05) is 5.56 Å². The normalized spacial score (nSPS) is 25.1. The molecule has 0 fully saturated rings. The van der Waals surface area contributed by atoms with Gasteiger partial charge in [-0.3, -0.25) is 0 Å². The number of hydrogen-bond acceptors (Lipinski definition) is 0. The summed E-state index contributed by atoms with van der Waals surface area (Å²) in [6.45, 7) is 3.49. The molecular weight excluding hydrogens is 218 g/mol. The molecule has 0 N–H and O–H groups in total. The number of fused-ring (bicyclic) bond motifs is 1. The molecule has 0 saturated heterocycles. The lowest BCUT2D eigenvalue weighted by Crippen LogP contribution is -2.14. The Morgan fingerprint density at radius 2 is 1.93 bits per heavy atom. The average molecular weight is 231 g/mol. The molecule has 15 heavy (non-hydrogen) atoms. The zero-order valence-corrected chi connectivity index (χ0v) is 9.54. The average Bonchev–Trinajstić information content (AvgIpc) is 2.18. The van der Waals surface area contributed by atoms with Crippen LogP contribution in [-0.2, 0) is 0 Å². The molecule has 0 aliphatic heterocycles. The summed E-state index contributed by atoms with van der Waals surface area (Å²) in [5.41, 5.74) is 1.20. The minimum atomic E-state index is -0.384. The number of alkyl halides is 1. The van der Waals surface area contributed by atoms with Gasteiger partial charge in [0.25, 0.3) is 0 Å². The van der Waals surface area contributed by atoms with Crippen LogP contribution in [0.15, 0.2) is 6.07 Å². The third-order valence-electron chi connectivity index (χ3n) is 3.13. The monoisotopic (exact) mass is 230 g/mol. The Labute approximate surface area is 93.2 Å². The van der Waals surface area contributed by atoms with E-state index in [4.69, 9.17) is 11.6 Å². The molecule has 0 nitrogen and oxygen atoms in total. The molecule has 82 valence electrons. The number of rotatable bonds is 0. The van der Waals surface area contributed by atoms with Crippen molar-refractivity contribution in [2.45, 2.75) is 38.0 Å². The predicted molar refractivity (Wildman–Crippen MR) is 57.3 cm³/mol. The fourth-order valence-corrected chi connectivity index (χ4v) is 2.62. The van der Waals surface area contributed by atoms with Crippen LogP contribution in [0, 0.1) is 18.6 Å². The highest BCUT2D eigenvalue weighted by Gasteiger charge is 2.30. The SMILES string of the molecule is Cc1cc(F)c2c(c1F)C(Cl)CCC2C. The van der Waals surface area contributed by atoms with Crippen LogP contribution in [-0.4, -0.2) is 0 Å². The lowest BCUT2D eigenvalue weighted by Gasteiger charge is -2.27. The van der Waals surface area contributed by atoms with E-state index in [1.54, 1.807) is 6.92 Å². The Balaban J connectivity index is 2.71. The van der Waals surface area contributed by atoms with Gasteiger partial charge in [-0.05, 0) is 42.9 Å². The molecule has 0 spiro atoms. The van der Waals surface area contributed by atoms with Gasteiger partial charge in [-0.1, -0.05) is 6.92 Å². The Morgan fingerprint density at radius 3 is 2.60 bits per heavy atom. The summed E-state index contributed by atoms with van der Waals surface area (Å²) < 4.78 is 27.5. The van der Waals surface area contributed by atoms with E-state index in [-0.39, 0.29) is 22.9 Å². The van der Waals surface area contributed by atoms with Gasteiger partial charge in [0.05, 0.1) is 5.38 Å². The molecule has 0 radical (unpaired) electrons. The first-order valence-electron chi connectivity index (χ1n) is 5.14. The quantitative estimate of drug-likeness (QED) is 0.578. The Morgan fingerprint density at radius 1 is 1.27 bits per heavy atom. The van der Waals surface area contributed by atoms with E-state index in [1.807, 2.05) is 6.92 Å². The number of halogens is 3. The summed E-state index contributed by atoms with van der Waals surface area (Å²) in [6.07, 6.45) is 1.54. The zero-order chi connectivity index (χ0) is 11.2. The van der Waals surface area contributed by atoms with Crippen LogP contribution in [0.2, 0.25) is 0 Å². The first kappa shape index (κ1) is 10.9. The fourth-order valence-electron chi connectivity index (χ4n) is 2.28. The van der Waals surface area contributed by atoms with Crippen LogP contribution in [0.1, 0.15) is 47.8 Å². The van der Waals surface area contributed by atoms with Crippen LogP contribution in [0.5, 0.6) is 0 Å². The van der Waals surface area contributed by atoms with E-state index in [0.717, 1.165) is 12.8 Å². The minimum Gasteiger partial charge on any atom is -0.207 e. The van der Waals surface area contributed by atoms with Crippen molar-refractivity contribution in [1.82, 2.24) is 0 Å². The summed E-state index contributed by atoms with van der Waals surface area (Å²) >= 11 is 6.06. The van der Waals surface area contributed by atoms with Crippen LogP contribution >= 0.6 is 11.6 Å². The highest BCUT2D eigenvalue weighted by atomic mass is 35.5. The summed E-state index contributed by atoms with van der Waals surface area (Å²) in [5, 5.41) is -0.384. The molecular formula is C12H13ClF2. The summed E-state index contributed by atoms with van der Waals surface area (Å²) in [7, 11) is 0. The van der Waals surface area contributed by atoms with Crippen molar-refractivity contribution in [3.05, 3.63) is 34.4 Å². The van der Waals surface area contributed by atoms with Gasteiger partial charge >= 0.3 is 0 Å². The zero-order valence-electron chi connectivity index (χ0n) is 8.78. The maximum Gasteiger partial charge on any atom is 0.131 e. The molecule has 2 rings (SSSR count). The Bertz CT molecular complexity index is 401. The van der Waals surface area contributed by atoms with Crippen molar-refractivity contribution in [1.29, 1.82) is 0 Å². The van der Waals surface area contributed by atoms with E-state index < -0.39 is 0 Å². The summed E-state index contributed by atoms with van der Waals surface area (Å²) in [4.78, 5) is 0. The molecule has 0 saturated carbocycles. The van der Waals surface area contributed by atoms with Crippen molar-refractivity contribution in [2.75, 3.05) is 0 Å². The largest absolute Gasteiger partial charge is 0.207 e. The molecule has 0 amide bonds. The van der Waals surface area contributed by atoms with Gasteiger partial charge in [0.1, 0.15) is 11.6 Å². The van der Waals surface area contributed by atoms with Gasteiger partial charge in [-0.2, -0.15) is 0 Å². The lowest BCUT2D eigenvalue weighted by atomic mass is 9.82. The van der Waals surface area contributed by atoms with E-state index >= 15 is 0 Å². The van der Waals surface area contributed by atoms with E-state index in [2.05, 4.69) is 0 Å². The topological polar surface area (TPSA) is 0 Å². The Hall–Kier alpha value is -0.630. The van der Waals surface area contributed by atoms with Crippen LogP contribution in [0.25, 0.3) is 0 Å². The smallest absolute Gasteiger partial charge is 0.131 e. The molecule has 3 heteroatoms. The number of hydrogen-bond donors (Lipinski definition) is 0. The van der Waals surface area contributed by atoms with Crippen molar-refractivity contribution < 1.29 is 8.78 Å². The molecule has 1 aromatic carbocycles. The molecule has 2 atom stereocenters. The maximum atomic E-state index is 13.8. The first-order valence-corrected chi connectivity index (χ1v) is 5.58. The molecule has 2 unspecified atom stereocenters. The van der Waals surface area contributed by atoms with Gasteiger partial charge in [0.2, 0.25) is 0 Å². The molecule has 0 heterocycles. The summed E-state index contributed by atoms with van der Waals surface area (Å²) in [5.74, 6) is -0.593. The van der Waals surface area contributed by atoms with Crippen LogP contribution < -0.4 is 0 Å². The van der Waals surface area contributed by atoms with Crippen LogP contribution in [0.4, 0.5) is 8.78 Å². The van der Waals surface area contributed by atoms with Gasteiger partial charge < -0.3 is 0 Å². The van der Waals surface area contributed by atoms with E-state index in [9.17, 15) is 8.78 Å². The molecule has 1 aliphatic rings. The highest BCUT2D eigenvalue weighted by molar-refractivity contribution is 6.21. The second kappa shape index (κ2) is 3.75. The van der Waals surface area contributed by atoms with Crippen molar-refractivity contribution in [2.24, 2.45) is 0 Å². The predicted octanol–water partition coefficient (Wildman–Crippen LogP) is 4.45. The number of benzene rings is 1. The second-order valence-electron chi connectivity index (χ2n) is 4.26. The third-order valence-corrected chi connectivity index (χ3v) is 3.57. The molecule has 0 bridgehead atoms. The minimum absolute atomic E-state index is 0.0603. The summed E-state index contributed by atoms with van der Waals surface area (Å²) in [6, 6.07) is 1.26. The van der Waals surface area contributed by atoms with Crippen LogP contribution in [0.3, 0.4) is 0 Å². The number of aryl methyl sites for hydroxylation is 1.